The maximum atomic E-state index is 13.8. The molecule has 1 heterocycles. The van der Waals surface area contributed by atoms with E-state index < -0.39 is 59.3 Å². The minimum Gasteiger partial charge on any atom is -0.419 e. The number of rotatable bonds is 13. The molecule has 0 radical (unpaired) electrons. The van der Waals surface area contributed by atoms with Crippen molar-refractivity contribution in [3.05, 3.63) is 65.1 Å². The number of nitrogens with one attached hydrogen (secondary N) is 3. The molecule has 3 rings (SSSR count). The lowest BCUT2D eigenvalue weighted by molar-refractivity contribution is -0.136. The molecule has 0 aliphatic rings. The van der Waals surface area contributed by atoms with Crippen molar-refractivity contribution < 1.29 is 45.9 Å². The number of primary amides is 1. The second-order valence-corrected chi connectivity index (χ2v) is 9.55. The molecule has 0 saturated heterocycles. The van der Waals surface area contributed by atoms with E-state index in [9.17, 15) is 41.1 Å². The lowest BCUT2D eigenvalue weighted by Crippen LogP contribution is -2.49. The van der Waals surface area contributed by atoms with E-state index in [1.807, 2.05) is 32.0 Å². The van der Waals surface area contributed by atoms with Crippen molar-refractivity contribution in [2.24, 2.45) is 5.73 Å². The number of ether oxygens (including phenoxy) is 1. The molecule has 9 nitrogen and oxygen atoms in total. The number of carbonyl (C=O) groups excluding carboxylic acids is 4. The van der Waals surface area contributed by atoms with E-state index in [0.29, 0.717) is 12.0 Å². The third-order valence-corrected chi connectivity index (χ3v) is 6.05. The monoisotopic (exact) mass is 668 g/mol. The number of carbonyl (C=O) groups is 4. The van der Waals surface area contributed by atoms with Crippen molar-refractivity contribution in [2.45, 2.75) is 78.7 Å². The van der Waals surface area contributed by atoms with E-state index in [-0.39, 0.29) is 24.7 Å². The molecule has 5 N–H and O–H groups in total. The number of esters is 1. The maximum absolute atomic E-state index is 13.8. The molecular formula is C33H41F5N4O5. The molecule has 0 fully saturated rings. The third kappa shape index (κ3) is 13.9. The third-order valence-electron chi connectivity index (χ3n) is 6.05. The maximum Gasteiger partial charge on any atom is 0.331 e. The molecule has 2 aromatic carbocycles. The van der Waals surface area contributed by atoms with Crippen LogP contribution in [0.25, 0.3) is 10.9 Å². The highest BCUT2D eigenvalue weighted by atomic mass is 19.2. The molecule has 0 unspecified atom stereocenters. The first-order chi connectivity index (χ1) is 22.4. The number of H-pyrrole nitrogens is 1. The fourth-order valence-electron chi connectivity index (χ4n) is 3.99. The van der Waals surface area contributed by atoms with Gasteiger partial charge < -0.3 is 26.1 Å². The predicted octanol–water partition coefficient (Wildman–Crippen LogP) is 5.74. The Bertz CT molecular complexity index is 1460. The van der Waals surface area contributed by atoms with Crippen LogP contribution in [0, 0.1) is 41.9 Å². The Morgan fingerprint density at radius 1 is 0.894 bits per heavy atom. The first-order valence-electron chi connectivity index (χ1n) is 14.8. The van der Waals surface area contributed by atoms with Crippen molar-refractivity contribution in [2.75, 3.05) is 6.54 Å². The van der Waals surface area contributed by atoms with Gasteiger partial charge in [0.1, 0.15) is 12.6 Å². The number of halogens is 5. The molecular weight excluding hydrogens is 627 g/mol. The number of aromatic nitrogens is 1. The van der Waals surface area contributed by atoms with Crippen LogP contribution >= 0.6 is 0 Å². The number of nitrogens with two attached hydrogens (primary N) is 1. The van der Waals surface area contributed by atoms with E-state index in [1.54, 1.807) is 12.3 Å². The van der Waals surface area contributed by atoms with Gasteiger partial charge in [-0.05, 0) is 18.1 Å². The summed E-state index contributed by atoms with van der Waals surface area (Å²) in [5.74, 6) is -16.4. The van der Waals surface area contributed by atoms with Gasteiger partial charge in [-0.25, -0.2) is 18.0 Å². The second kappa shape index (κ2) is 22.6. The summed E-state index contributed by atoms with van der Waals surface area (Å²) in [6.07, 6.45) is 14.5. The smallest absolute Gasteiger partial charge is 0.331 e. The molecule has 0 spiro atoms. The van der Waals surface area contributed by atoms with E-state index in [1.165, 1.54) is 6.92 Å². The van der Waals surface area contributed by atoms with Crippen molar-refractivity contribution in [1.82, 2.24) is 15.6 Å². The number of unbranched alkanes of at least 4 members (excludes halogenated alkanes) is 4. The van der Waals surface area contributed by atoms with E-state index in [4.69, 9.17) is 0 Å². The first kappa shape index (κ1) is 42.1. The molecule has 1 aromatic heterocycles. The van der Waals surface area contributed by atoms with E-state index in [2.05, 4.69) is 45.9 Å². The zero-order valence-corrected chi connectivity index (χ0v) is 26.8. The summed E-state index contributed by atoms with van der Waals surface area (Å²) < 4.78 is 71.9. The number of benzene rings is 2. The van der Waals surface area contributed by atoms with Crippen LogP contribution in [0.15, 0.2) is 30.5 Å². The van der Waals surface area contributed by atoms with Crippen LogP contribution in [-0.2, 0) is 25.6 Å². The van der Waals surface area contributed by atoms with Crippen LogP contribution in [0.5, 0.6) is 5.75 Å². The van der Waals surface area contributed by atoms with Crippen LogP contribution in [0.1, 0.15) is 71.8 Å². The summed E-state index contributed by atoms with van der Waals surface area (Å²) >= 11 is 0. The molecule has 0 aliphatic heterocycles. The summed E-state index contributed by atoms with van der Waals surface area (Å²) in [5, 5.41) is 5.65. The zero-order valence-electron chi connectivity index (χ0n) is 26.8. The highest BCUT2D eigenvalue weighted by molar-refractivity contribution is 5.91. The second-order valence-electron chi connectivity index (χ2n) is 9.55. The average molecular weight is 669 g/mol. The zero-order chi connectivity index (χ0) is 36.1. The molecule has 0 saturated carbocycles. The van der Waals surface area contributed by atoms with Crippen LogP contribution in [0.4, 0.5) is 22.0 Å². The number of para-hydroxylation sites is 1. The number of amides is 3. The van der Waals surface area contributed by atoms with Gasteiger partial charge in [-0.3, -0.25) is 14.4 Å². The van der Waals surface area contributed by atoms with Crippen LogP contribution < -0.4 is 21.1 Å². The standard InChI is InChI=1S/C27H28F5N3O4.C2H5NO.C2H6.C2H2/c1-2-3-4-5-6-11-19(36)35-18(12-15-13-33-17-10-8-7-9-16(15)17)27(38)34-14-20(37)39-26-24(31)22(29)21(28)23(30)25(26)32;1-2(3)4;2*1-2/h7-10,13,18,33H,2-6,11-12,14H2,1H3,(H,34,38)(H,35,36);1H3,(H2,3,4);1-2H3;1-2H/t18-;;;/m0.../s1. The number of hydrogen-bond donors (Lipinski definition) is 4. The fraction of sp³-hybridized carbons (Fsp3) is 0.394. The molecule has 0 aliphatic carbocycles. The Morgan fingerprint density at radius 2 is 1.43 bits per heavy atom. The van der Waals surface area contributed by atoms with E-state index >= 15 is 0 Å². The molecule has 3 aromatic rings. The largest absolute Gasteiger partial charge is 0.419 e. The highest BCUT2D eigenvalue weighted by Gasteiger charge is 2.29. The Labute approximate surface area is 270 Å². The molecule has 3 amide bonds. The molecule has 0 bridgehead atoms. The summed E-state index contributed by atoms with van der Waals surface area (Å²) in [5.41, 5.74) is 5.98. The van der Waals surface area contributed by atoms with Gasteiger partial charge in [0, 0.05) is 36.9 Å². The van der Waals surface area contributed by atoms with Crippen LogP contribution in [0.2, 0.25) is 0 Å². The SMILES string of the molecule is C#C.CC.CC(N)=O.CCCCCCCC(=O)N[C@@H](Cc1c[nH]c2ccccc12)C(=O)NCC(=O)Oc1c(F)c(F)c(F)c(F)c1F. The first-order valence-corrected chi connectivity index (χ1v) is 14.8. The summed E-state index contributed by atoms with van der Waals surface area (Å²) in [6, 6.07) is 6.16. The Balaban J connectivity index is 0.00000241. The molecule has 258 valence electrons. The van der Waals surface area contributed by atoms with Gasteiger partial charge in [0.25, 0.3) is 0 Å². The number of hydrogen-bond acceptors (Lipinski definition) is 5. The van der Waals surface area contributed by atoms with Gasteiger partial charge in [-0.1, -0.05) is 64.7 Å². The van der Waals surface area contributed by atoms with Gasteiger partial charge in [0.15, 0.2) is 0 Å². The number of fused-ring (bicyclic) bond motifs is 1. The number of terminal acetylenes is 1. The number of aromatic amines is 1. The van der Waals surface area contributed by atoms with Gasteiger partial charge in [-0.2, -0.15) is 8.78 Å². The van der Waals surface area contributed by atoms with Crippen molar-refractivity contribution in [3.8, 4) is 18.6 Å². The summed E-state index contributed by atoms with van der Waals surface area (Å²) in [6.45, 7) is 6.41. The average Bonchev–Trinajstić information content (AvgIpc) is 3.47. The van der Waals surface area contributed by atoms with Crippen molar-refractivity contribution in [1.29, 1.82) is 0 Å². The normalized spacial score (nSPS) is 10.5. The van der Waals surface area contributed by atoms with Crippen LogP contribution in [-0.4, -0.2) is 41.3 Å². The van der Waals surface area contributed by atoms with Crippen molar-refractivity contribution in [3.63, 3.8) is 0 Å². The summed E-state index contributed by atoms with van der Waals surface area (Å²) in [7, 11) is 0. The minimum absolute atomic E-state index is 0.0457. The lowest BCUT2D eigenvalue weighted by Gasteiger charge is -2.18. The topological polar surface area (TPSA) is 143 Å². The van der Waals surface area contributed by atoms with Gasteiger partial charge in [0.2, 0.25) is 52.6 Å². The Morgan fingerprint density at radius 3 is 2.00 bits per heavy atom. The highest BCUT2D eigenvalue weighted by Crippen LogP contribution is 2.29. The quantitative estimate of drug-likeness (QED) is 0.0350. The fourth-order valence-corrected chi connectivity index (χ4v) is 3.99. The summed E-state index contributed by atoms with van der Waals surface area (Å²) in [4.78, 5) is 49.9. The van der Waals surface area contributed by atoms with Gasteiger partial charge in [0.05, 0.1) is 0 Å². The van der Waals surface area contributed by atoms with Crippen LogP contribution in [0.3, 0.4) is 0 Å². The van der Waals surface area contributed by atoms with Crippen molar-refractivity contribution >= 4 is 34.6 Å². The molecule has 14 heteroatoms. The predicted molar refractivity (Wildman–Crippen MR) is 168 cm³/mol. The Kier molecular flexibility index (Phi) is 20.2. The Hall–Kier alpha value is -4.93. The minimum atomic E-state index is -2.40. The lowest BCUT2D eigenvalue weighted by atomic mass is 10.0. The van der Waals surface area contributed by atoms with Gasteiger partial charge in [-0.15, -0.1) is 12.8 Å². The molecule has 47 heavy (non-hydrogen) atoms. The van der Waals surface area contributed by atoms with E-state index in [0.717, 1.165) is 36.6 Å². The van der Waals surface area contributed by atoms with Gasteiger partial charge >= 0.3 is 5.97 Å². The molecule has 1 atom stereocenters.